The summed E-state index contributed by atoms with van der Waals surface area (Å²) < 4.78 is 23.1. The lowest BCUT2D eigenvalue weighted by Gasteiger charge is -2.31. The highest BCUT2D eigenvalue weighted by molar-refractivity contribution is 7.90. The van der Waals surface area contributed by atoms with E-state index in [-0.39, 0.29) is 27.7 Å². The molecule has 24 heavy (non-hydrogen) atoms. The van der Waals surface area contributed by atoms with E-state index in [1.165, 1.54) is 24.3 Å². The van der Waals surface area contributed by atoms with Crippen molar-refractivity contribution in [2.75, 3.05) is 24.7 Å². The van der Waals surface area contributed by atoms with Crippen LogP contribution >= 0.6 is 11.6 Å². The van der Waals surface area contributed by atoms with Gasteiger partial charge in [0, 0.05) is 25.0 Å². The molecule has 1 aliphatic rings. The van der Waals surface area contributed by atoms with Gasteiger partial charge in [-0.3, -0.25) is 9.59 Å². The molecule has 0 bridgehead atoms. The van der Waals surface area contributed by atoms with Crippen LogP contribution in [0.4, 0.5) is 5.69 Å². The molecule has 2 rings (SSSR count). The molecule has 1 aliphatic heterocycles. The average molecular weight is 371 g/mol. The monoisotopic (exact) mass is 370 g/mol. The topological polar surface area (TPSA) is 83.6 Å². The molecule has 6 nitrogen and oxygen atoms in total. The average Bonchev–Trinajstić information content (AvgIpc) is 2.53. The number of rotatable bonds is 4. The van der Waals surface area contributed by atoms with Crippen LogP contribution in [0.2, 0.25) is 5.02 Å². The number of nitrogens with one attached hydrogen (secondary N) is 1. The second kappa shape index (κ2) is 7.36. The van der Waals surface area contributed by atoms with Crippen molar-refractivity contribution in [2.45, 2.75) is 17.7 Å². The number of nitrogens with zero attached hydrogens (tertiary/aromatic N) is 1. The third kappa shape index (κ3) is 4.36. The summed E-state index contributed by atoms with van der Waals surface area (Å²) >= 11 is 5.97. The largest absolute Gasteiger partial charge is 0.338 e. The molecule has 1 fully saturated rings. The van der Waals surface area contributed by atoms with E-state index in [2.05, 4.69) is 11.9 Å². The van der Waals surface area contributed by atoms with Gasteiger partial charge in [-0.25, -0.2) is 8.42 Å². The number of likely N-dealkylation sites (tertiary alicyclic amines) is 1. The van der Waals surface area contributed by atoms with Crippen molar-refractivity contribution in [3.63, 3.8) is 0 Å². The maximum absolute atomic E-state index is 12.4. The lowest BCUT2D eigenvalue weighted by molar-refractivity contribution is -0.130. The van der Waals surface area contributed by atoms with Crippen LogP contribution in [0.15, 0.2) is 35.7 Å². The molecule has 1 aromatic rings. The van der Waals surface area contributed by atoms with E-state index in [0.29, 0.717) is 25.2 Å². The molecule has 1 aromatic carbocycles. The van der Waals surface area contributed by atoms with E-state index in [9.17, 15) is 18.0 Å². The third-order valence-electron chi connectivity index (χ3n) is 3.88. The number of benzene rings is 1. The normalized spacial score (nSPS) is 18.1. The molecule has 0 aromatic heterocycles. The van der Waals surface area contributed by atoms with Crippen molar-refractivity contribution < 1.29 is 18.0 Å². The van der Waals surface area contributed by atoms with Gasteiger partial charge in [0.15, 0.2) is 9.84 Å². The van der Waals surface area contributed by atoms with Gasteiger partial charge in [-0.15, -0.1) is 0 Å². The van der Waals surface area contributed by atoms with Crippen LogP contribution < -0.4 is 5.32 Å². The predicted molar refractivity (Wildman–Crippen MR) is 92.7 cm³/mol. The Hall–Kier alpha value is -1.86. The van der Waals surface area contributed by atoms with Crippen molar-refractivity contribution in [1.29, 1.82) is 0 Å². The Bertz CT molecular complexity index is 776. The molecule has 1 heterocycles. The van der Waals surface area contributed by atoms with E-state index < -0.39 is 9.84 Å². The van der Waals surface area contributed by atoms with Gasteiger partial charge in [-0.05, 0) is 37.1 Å². The lowest BCUT2D eigenvalue weighted by Crippen LogP contribution is -2.43. The Balaban J connectivity index is 2.08. The third-order valence-corrected chi connectivity index (χ3v) is 5.46. The predicted octanol–water partition coefficient (Wildman–Crippen LogP) is 2.11. The fourth-order valence-electron chi connectivity index (χ4n) is 2.64. The fraction of sp³-hybridized carbons (Fsp3) is 0.375. The van der Waals surface area contributed by atoms with E-state index in [0.717, 1.165) is 12.7 Å². The zero-order valence-electron chi connectivity index (χ0n) is 13.3. The number of sulfone groups is 1. The second-order valence-corrected chi connectivity index (χ2v) is 8.13. The van der Waals surface area contributed by atoms with Crippen LogP contribution in [0.1, 0.15) is 12.8 Å². The number of hydrogen-bond acceptors (Lipinski definition) is 4. The van der Waals surface area contributed by atoms with Crippen LogP contribution in [0.25, 0.3) is 0 Å². The van der Waals surface area contributed by atoms with Crippen LogP contribution in [-0.4, -0.2) is 44.5 Å². The summed E-state index contributed by atoms with van der Waals surface area (Å²) in [4.78, 5) is 25.7. The van der Waals surface area contributed by atoms with Gasteiger partial charge in [-0.2, -0.15) is 0 Å². The number of hydrogen-bond donors (Lipinski definition) is 1. The van der Waals surface area contributed by atoms with Crippen LogP contribution in [0, 0.1) is 5.92 Å². The molecule has 0 saturated carbocycles. The van der Waals surface area contributed by atoms with Crippen molar-refractivity contribution in [1.82, 2.24) is 4.90 Å². The summed E-state index contributed by atoms with van der Waals surface area (Å²) in [6, 6.07) is 4.27. The molecule has 1 unspecified atom stereocenters. The van der Waals surface area contributed by atoms with E-state index >= 15 is 0 Å². The quantitative estimate of drug-likeness (QED) is 0.823. The summed E-state index contributed by atoms with van der Waals surface area (Å²) in [5, 5.41) is 2.78. The maximum atomic E-state index is 12.4. The van der Waals surface area contributed by atoms with Crippen LogP contribution in [0.5, 0.6) is 0 Å². The number of carbonyl (C=O) groups excluding carboxylic acids is 2. The highest BCUT2D eigenvalue weighted by Crippen LogP contribution is 2.26. The van der Waals surface area contributed by atoms with Gasteiger partial charge >= 0.3 is 0 Å². The number of halogens is 1. The highest BCUT2D eigenvalue weighted by atomic mass is 35.5. The Morgan fingerprint density at radius 2 is 2.12 bits per heavy atom. The molecule has 1 N–H and O–H groups in total. The standard InChI is InChI=1S/C16H19ClN2O4S/c1-3-15(20)19-8-4-5-11(10-19)16(21)18-12-6-7-14(13(17)9-12)24(2,22)23/h3,6-7,9,11H,1,4-5,8,10H2,2H3,(H,18,21). The van der Waals surface area contributed by atoms with Crippen molar-refractivity contribution >= 4 is 38.9 Å². The minimum atomic E-state index is -3.42. The number of piperidine rings is 1. The Kier molecular flexibility index (Phi) is 5.66. The van der Waals surface area contributed by atoms with Crippen molar-refractivity contribution in [3.8, 4) is 0 Å². The van der Waals surface area contributed by atoms with Gasteiger partial charge in [-0.1, -0.05) is 18.2 Å². The summed E-state index contributed by atoms with van der Waals surface area (Å²) in [5.41, 5.74) is 0.421. The van der Waals surface area contributed by atoms with Gasteiger partial charge in [0.25, 0.3) is 0 Å². The SMILES string of the molecule is C=CC(=O)N1CCCC(C(=O)Nc2ccc(S(C)(=O)=O)c(Cl)c2)C1. The molecule has 0 aliphatic carbocycles. The molecule has 0 radical (unpaired) electrons. The van der Waals surface area contributed by atoms with Crippen molar-refractivity contribution in [3.05, 3.63) is 35.9 Å². The smallest absolute Gasteiger partial charge is 0.245 e. The summed E-state index contributed by atoms with van der Waals surface area (Å²) in [5.74, 6) is -0.733. The maximum Gasteiger partial charge on any atom is 0.245 e. The minimum absolute atomic E-state index is 0.0163. The van der Waals surface area contributed by atoms with E-state index in [1.807, 2.05) is 0 Å². The molecule has 0 spiro atoms. The van der Waals surface area contributed by atoms with E-state index in [4.69, 9.17) is 11.6 Å². The lowest BCUT2D eigenvalue weighted by atomic mass is 9.97. The van der Waals surface area contributed by atoms with E-state index in [1.54, 1.807) is 4.90 Å². The molecule has 2 amide bonds. The first-order valence-corrected chi connectivity index (χ1v) is 9.71. The zero-order valence-corrected chi connectivity index (χ0v) is 14.9. The number of carbonyl (C=O) groups is 2. The van der Waals surface area contributed by atoms with Gasteiger partial charge in [0.1, 0.15) is 0 Å². The van der Waals surface area contributed by atoms with Crippen LogP contribution in [-0.2, 0) is 19.4 Å². The molecular formula is C16H19ClN2O4S. The second-order valence-electron chi connectivity index (χ2n) is 5.73. The summed E-state index contributed by atoms with van der Waals surface area (Å²) in [6.45, 7) is 4.41. The van der Waals surface area contributed by atoms with Crippen molar-refractivity contribution in [2.24, 2.45) is 5.92 Å². The summed E-state index contributed by atoms with van der Waals surface area (Å²) in [7, 11) is -3.42. The van der Waals surface area contributed by atoms with Crippen LogP contribution in [0.3, 0.4) is 0 Å². The molecule has 1 atom stereocenters. The first-order chi connectivity index (χ1) is 11.2. The highest BCUT2D eigenvalue weighted by Gasteiger charge is 2.27. The minimum Gasteiger partial charge on any atom is -0.338 e. The molecule has 1 saturated heterocycles. The zero-order chi connectivity index (χ0) is 17.9. The Morgan fingerprint density at radius 1 is 1.42 bits per heavy atom. The summed E-state index contributed by atoms with van der Waals surface area (Å²) in [6.07, 6.45) is 3.73. The fourth-order valence-corrected chi connectivity index (χ4v) is 3.97. The molecule has 8 heteroatoms. The Morgan fingerprint density at radius 3 is 2.71 bits per heavy atom. The van der Waals surface area contributed by atoms with Gasteiger partial charge in [0.2, 0.25) is 11.8 Å². The first kappa shape index (κ1) is 18.5. The van der Waals surface area contributed by atoms with Gasteiger partial charge in [0.05, 0.1) is 15.8 Å². The number of anilines is 1. The molecular weight excluding hydrogens is 352 g/mol. The van der Waals surface area contributed by atoms with Gasteiger partial charge < -0.3 is 10.2 Å². The molecule has 130 valence electrons. The first-order valence-electron chi connectivity index (χ1n) is 7.44. The number of amides is 2. The Labute approximate surface area is 146 Å².